The third-order valence-electron chi connectivity index (χ3n) is 7.22. The molecule has 0 saturated carbocycles. The van der Waals surface area contributed by atoms with E-state index in [1.165, 1.54) is 18.2 Å². The first-order chi connectivity index (χ1) is 19.8. The number of hydrogen-bond acceptors (Lipinski definition) is 8. The van der Waals surface area contributed by atoms with Crippen LogP contribution in [0.4, 0.5) is 11.4 Å². The van der Waals surface area contributed by atoms with E-state index in [2.05, 4.69) is 13.8 Å². The van der Waals surface area contributed by atoms with Gasteiger partial charge in [-0.1, -0.05) is 18.2 Å². The van der Waals surface area contributed by atoms with E-state index in [0.717, 1.165) is 17.0 Å². The molecule has 2 heterocycles. The van der Waals surface area contributed by atoms with Gasteiger partial charge in [-0.3, -0.25) is 14.9 Å². The zero-order chi connectivity index (χ0) is 29.2. The van der Waals surface area contributed by atoms with Crippen LogP contribution in [0.2, 0.25) is 0 Å². The predicted octanol–water partition coefficient (Wildman–Crippen LogP) is 3.30. The summed E-state index contributed by atoms with van der Waals surface area (Å²) in [6.07, 6.45) is 3.48. The molecule has 4 rings (SSSR count). The van der Waals surface area contributed by atoms with Crippen LogP contribution in [-0.4, -0.2) is 104 Å². The lowest BCUT2D eigenvalue weighted by atomic mass is 9.81. The molecule has 11 heteroatoms. The van der Waals surface area contributed by atoms with Crippen molar-refractivity contribution in [2.75, 3.05) is 72.5 Å². The molecule has 0 aromatic heterocycles. The minimum absolute atomic E-state index is 0.0688. The molecular weight excluding hydrogens is 530 g/mol. The maximum Gasteiger partial charge on any atom is 0.288 e. The summed E-state index contributed by atoms with van der Waals surface area (Å²) < 4.78 is 24.3. The van der Waals surface area contributed by atoms with Gasteiger partial charge in [0.2, 0.25) is 12.2 Å². The van der Waals surface area contributed by atoms with E-state index >= 15 is 0 Å². The molecule has 1 saturated heterocycles. The molecule has 2 aliphatic rings. The van der Waals surface area contributed by atoms with Crippen molar-refractivity contribution in [2.24, 2.45) is 0 Å². The number of fused-ring (bicyclic) bond motifs is 1. The average molecular weight is 569 g/mol. The second-order valence-corrected chi connectivity index (χ2v) is 10.3. The summed E-state index contributed by atoms with van der Waals surface area (Å²) >= 11 is 0. The number of ether oxygens (including phenoxy) is 4. The molecule has 1 amide bonds. The number of aromatic hydroxyl groups is 1. The van der Waals surface area contributed by atoms with Crippen LogP contribution in [0, 0.1) is 10.1 Å². The van der Waals surface area contributed by atoms with E-state index in [1.807, 2.05) is 34.9 Å². The lowest BCUT2D eigenvalue weighted by Crippen LogP contribution is -2.41. The number of nitro benzene ring substituents is 1. The summed E-state index contributed by atoms with van der Waals surface area (Å²) in [5.74, 6) is -0.161. The Morgan fingerprint density at radius 3 is 2.15 bits per heavy atom. The summed E-state index contributed by atoms with van der Waals surface area (Å²) in [5, 5.41) is 21.6. The Labute approximate surface area is 239 Å². The molecular formula is C30H38N3O8+. The van der Waals surface area contributed by atoms with Crippen molar-refractivity contribution in [3.8, 4) is 5.75 Å². The third-order valence-corrected chi connectivity index (χ3v) is 7.22. The molecule has 0 unspecified atom stereocenters. The molecule has 11 nitrogen and oxygen atoms in total. The van der Waals surface area contributed by atoms with E-state index in [1.54, 1.807) is 11.0 Å². The molecule has 0 radical (unpaired) electrons. The number of phenolic OH excluding ortho intramolecular Hbond substituents is 1. The normalized spacial score (nSPS) is 19.0. The van der Waals surface area contributed by atoms with Crippen LogP contribution in [0.15, 0.2) is 48.5 Å². The molecule has 41 heavy (non-hydrogen) atoms. The Morgan fingerprint density at radius 2 is 1.54 bits per heavy atom. The number of phenols is 1. The quantitative estimate of drug-likeness (QED) is 0.331. The number of nitro groups is 1. The van der Waals surface area contributed by atoms with Crippen LogP contribution in [0.25, 0.3) is 6.08 Å². The zero-order valence-electron chi connectivity index (χ0n) is 23.6. The molecule has 0 bridgehead atoms. The molecule has 0 aliphatic carbocycles. The molecule has 1 N–H and O–H groups in total. The average Bonchev–Trinajstić information content (AvgIpc) is 3.15. The Bertz CT molecular complexity index is 1270. The van der Waals surface area contributed by atoms with Crippen LogP contribution in [0.1, 0.15) is 25.0 Å². The van der Waals surface area contributed by atoms with Crippen molar-refractivity contribution in [3.63, 3.8) is 0 Å². The maximum atomic E-state index is 13.7. The van der Waals surface area contributed by atoms with Gasteiger partial charge in [0, 0.05) is 48.5 Å². The number of non-ortho nitro benzene ring substituents is 1. The van der Waals surface area contributed by atoms with Crippen LogP contribution in [0.5, 0.6) is 5.75 Å². The zero-order valence-corrected chi connectivity index (χ0v) is 23.6. The van der Waals surface area contributed by atoms with Gasteiger partial charge in [0.15, 0.2) is 5.71 Å². The fraction of sp³-hybridized carbons (Fsp3) is 0.467. The summed E-state index contributed by atoms with van der Waals surface area (Å²) in [7, 11) is 0. The highest BCUT2D eigenvalue weighted by Crippen LogP contribution is 2.40. The highest BCUT2D eigenvalue weighted by Gasteiger charge is 2.45. The molecule has 220 valence electrons. The number of para-hydroxylation sites is 1. The van der Waals surface area contributed by atoms with Gasteiger partial charge in [0.05, 0.1) is 63.2 Å². The van der Waals surface area contributed by atoms with Gasteiger partial charge < -0.3 is 29.0 Å². The first-order valence-corrected chi connectivity index (χ1v) is 13.8. The fourth-order valence-electron chi connectivity index (χ4n) is 4.98. The number of nitrogens with zero attached hydrogens (tertiary/aromatic N) is 3. The largest absolute Gasteiger partial charge is 0.507 e. The Morgan fingerprint density at radius 1 is 0.951 bits per heavy atom. The Hall–Kier alpha value is -3.64. The number of amides is 1. The SMILES string of the molecule is CC1(C)C(/C=C/c2cc([N+](=O)[O-])ccc2O)=[N+](CC(=O)N2CCOCCOCCOCCOCC2)c2ccccc21. The molecule has 0 atom stereocenters. The summed E-state index contributed by atoms with van der Waals surface area (Å²) in [4.78, 5) is 26.3. The highest BCUT2D eigenvalue weighted by atomic mass is 16.6. The minimum Gasteiger partial charge on any atom is -0.507 e. The van der Waals surface area contributed by atoms with Gasteiger partial charge in [-0.15, -0.1) is 0 Å². The Kier molecular flexibility index (Phi) is 10.6. The number of hydrogen-bond donors (Lipinski definition) is 1. The highest BCUT2D eigenvalue weighted by molar-refractivity contribution is 6.06. The number of carbonyl (C=O) groups excluding carboxylic acids is 1. The monoisotopic (exact) mass is 568 g/mol. The number of carbonyl (C=O) groups is 1. The lowest BCUT2D eigenvalue weighted by Gasteiger charge is -2.22. The number of allylic oxidation sites excluding steroid dienone is 1. The van der Waals surface area contributed by atoms with Crippen molar-refractivity contribution in [2.45, 2.75) is 19.3 Å². The molecule has 2 aromatic carbocycles. The van der Waals surface area contributed by atoms with Gasteiger partial charge in [0.1, 0.15) is 5.75 Å². The van der Waals surface area contributed by atoms with Crippen molar-refractivity contribution in [1.29, 1.82) is 0 Å². The van der Waals surface area contributed by atoms with Gasteiger partial charge in [-0.25, -0.2) is 0 Å². The number of rotatable bonds is 5. The first-order valence-electron chi connectivity index (χ1n) is 13.8. The van der Waals surface area contributed by atoms with Crippen molar-refractivity contribution >= 4 is 29.1 Å². The van der Waals surface area contributed by atoms with E-state index < -0.39 is 10.3 Å². The van der Waals surface area contributed by atoms with Gasteiger partial charge in [-0.05, 0) is 26.0 Å². The second kappa shape index (κ2) is 14.3. The van der Waals surface area contributed by atoms with Crippen molar-refractivity contribution in [3.05, 3.63) is 69.8 Å². The van der Waals surface area contributed by atoms with E-state index in [-0.39, 0.29) is 23.9 Å². The topological polar surface area (TPSA) is 124 Å². The van der Waals surface area contributed by atoms with Gasteiger partial charge >= 0.3 is 0 Å². The second-order valence-electron chi connectivity index (χ2n) is 10.3. The van der Waals surface area contributed by atoms with Crippen LogP contribution < -0.4 is 0 Å². The Balaban J connectivity index is 1.60. The molecule has 2 aliphatic heterocycles. The van der Waals surface area contributed by atoms with Gasteiger partial charge in [-0.2, -0.15) is 4.58 Å². The van der Waals surface area contributed by atoms with Crippen LogP contribution >= 0.6 is 0 Å². The fourth-order valence-corrected chi connectivity index (χ4v) is 4.98. The summed E-state index contributed by atoms with van der Waals surface area (Å²) in [6, 6.07) is 11.8. The van der Waals surface area contributed by atoms with Crippen molar-refractivity contribution in [1.82, 2.24) is 4.90 Å². The van der Waals surface area contributed by atoms with Gasteiger partial charge in [0.25, 0.3) is 11.6 Å². The standard InChI is InChI=1S/C30H37N3O8/c1-30(2)25-5-3-4-6-26(25)32(28(30)10-7-23-21-24(33(36)37)8-9-27(23)34)22-29(35)31-11-13-38-15-17-40-19-20-41-18-16-39-14-12-31/h3-10,21H,11-20,22H2,1-2H3/p+1. The number of benzene rings is 2. The summed E-state index contributed by atoms with van der Waals surface area (Å²) in [5.41, 5.74) is 2.53. The lowest BCUT2D eigenvalue weighted by molar-refractivity contribution is -0.426. The van der Waals surface area contributed by atoms with Crippen LogP contribution in [0.3, 0.4) is 0 Å². The third kappa shape index (κ3) is 7.76. The van der Waals surface area contributed by atoms with E-state index in [9.17, 15) is 20.0 Å². The van der Waals surface area contributed by atoms with E-state index in [4.69, 9.17) is 18.9 Å². The molecule has 2 aromatic rings. The first kappa shape index (κ1) is 30.3. The predicted molar refractivity (Wildman–Crippen MR) is 153 cm³/mol. The molecule has 0 spiro atoms. The maximum absolute atomic E-state index is 13.7. The van der Waals surface area contributed by atoms with Crippen LogP contribution in [-0.2, 0) is 29.2 Å². The van der Waals surface area contributed by atoms with Crippen molar-refractivity contribution < 1.29 is 38.3 Å². The van der Waals surface area contributed by atoms with E-state index in [0.29, 0.717) is 71.5 Å². The summed E-state index contributed by atoms with van der Waals surface area (Å²) in [6.45, 7) is 8.54. The molecule has 1 fully saturated rings. The minimum atomic E-state index is -0.500. The smallest absolute Gasteiger partial charge is 0.288 e.